The minimum absolute atomic E-state index is 0. The van der Waals surface area contributed by atoms with Gasteiger partial charge in [-0.2, -0.15) is 0 Å². The first-order valence-electron chi connectivity index (χ1n) is 16.8. The SMILES string of the molecule is CCc1ccc(C2=Cc3c(-c4ccc(C)cc4)cccc3[CH]2[Zr+2][CH]2C(c3ccc(CC)o3)=Cc3c(-c4ccc(C)cc4)cccc32)o1.[Cl-].[Cl-]. The molecule has 0 spiro atoms. The van der Waals surface area contributed by atoms with Crippen LogP contribution in [0.1, 0.15) is 77.5 Å². The Labute approximate surface area is 313 Å². The minimum atomic E-state index is -1.29. The van der Waals surface area contributed by atoms with Crippen molar-refractivity contribution in [3.8, 4) is 22.3 Å². The Morgan fingerprint density at radius 2 is 0.918 bits per heavy atom. The number of hydrogen-bond acceptors (Lipinski definition) is 2. The van der Waals surface area contributed by atoms with Crippen molar-refractivity contribution in [2.24, 2.45) is 0 Å². The number of allylic oxidation sites excluding steroid dienone is 2. The van der Waals surface area contributed by atoms with Gasteiger partial charge in [-0.15, -0.1) is 0 Å². The third-order valence-corrected chi connectivity index (χ3v) is 14.5. The van der Waals surface area contributed by atoms with E-state index in [2.05, 4.69) is 149 Å². The summed E-state index contributed by atoms with van der Waals surface area (Å²) < 4.78 is 13.7. The van der Waals surface area contributed by atoms with Crippen LogP contribution in [0.25, 0.3) is 45.6 Å². The number of aryl methyl sites for hydroxylation is 4. The van der Waals surface area contributed by atoms with Crippen molar-refractivity contribution < 1.29 is 56.9 Å². The molecule has 0 saturated heterocycles. The Hall–Kier alpha value is -3.62. The fourth-order valence-corrected chi connectivity index (χ4v) is 12.1. The van der Waals surface area contributed by atoms with Crippen LogP contribution in [-0.4, -0.2) is 0 Å². The van der Waals surface area contributed by atoms with Gasteiger partial charge in [-0.3, -0.25) is 0 Å². The zero-order valence-electron chi connectivity index (χ0n) is 28.2. The maximum Gasteiger partial charge on any atom is -1.00 e. The Bertz CT molecular complexity index is 2010. The smallest absolute Gasteiger partial charge is 1.00 e. The molecule has 2 heterocycles. The first-order valence-corrected chi connectivity index (χ1v) is 19.6. The van der Waals surface area contributed by atoms with Crippen LogP contribution < -0.4 is 24.8 Å². The average molecular weight is 761 g/mol. The summed E-state index contributed by atoms with van der Waals surface area (Å²) in [6.45, 7) is 8.63. The molecule has 2 aliphatic carbocycles. The predicted molar refractivity (Wildman–Crippen MR) is 191 cm³/mol. The maximum atomic E-state index is 6.52. The molecule has 0 N–H and O–H groups in total. The van der Waals surface area contributed by atoms with Gasteiger partial charge in [0.05, 0.1) is 0 Å². The molecular weight excluding hydrogens is 723 g/mol. The summed E-state index contributed by atoms with van der Waals surface area (Å²) in [5.41, 5.74) is 15.9. The largest absolute Gasteiger partial charge is 1.00 e. The molecule has 2 aliphatic rings. The molecule has 8 rings (SSSR count). The zero-order chi connectivity index (χ0) is 32.1. The summed E-state index contributed by atoms with van der Waals surface area (Å²) in [7, 11) is 0. The monoisotopic (exact) mass is 758 g/mol. The maximum absolute atomic E-state index is 6.52. The second kappa shape index (κ2) is 14.7. The molecule has 49 heavy (non-hydrogen) atoms. The van der Waals surface area contributed by atoms with Crippen molar-refractivity contribution in [1.82, 2.24) is 0 Å². The molecule has 0 aliphatic heterocycles. The molecule has 2 atom stereocenters. The van der Waals surface area contributed by atoms with Crippen LogP contribution in [0.4, 0.5) is 0 Å². The van der Waals surface area contributed by atoms with E-state index in [1.54, 1.807) is 0 Å². The Balaban J connectivity index is 0.00000208. The number of rotatable bonds is 8. The van der Waals surface area contributed by atoms with E-state index in [0.717, 1.165) is 35.9 Å². The molecule has 244 valence electrons. The van der Waals surface area contributed by atoms with Gasteiger partial charge in [0, 0.05) is 0 Å². The van der Waals surface area contributed by atoms with E-state index in [4.69, 9.17) is 8.83 Å². The fourth-order valence-electron chi connectivity index (χ4n) is 7.17. The van der Waals surface area contributed by atoms with Gasteiger partial charge >= 0.3 is 291 Å². The molecule has 4 aromatic carbocycles. The second-order valence-electron chi connectivity index (χ2n) is 12.8. The Morgan fingerprint density at radius 1 is 0.510 bits per heavy atom. The van der Waals surface area contributed by atoms with Crippen LogP contribution in [0.5, 0.6) is 0 Å². The first kappa shape index (κ1) is 35.2. The third-order valence-electron chi connectivity index (χ3n) is 9.77. The summed E-state index contributed by atoms with van der Waals surface area (Å²) in [6, 6.07) is 40.4. The van der Waals surface area contributed by atoms with Gasteiger partial charge in [0.2, 0.25) is 0 Å². The van der Waals surface area contributed by atoms with E-state index >= 15 is 0 Å². The van der Waals surface area contributed by atoms with Crippen LogP contribution in [-0.2, 0) is 36.1 Å². The van der Waals surface area contributed by atoms with Crippen molar-refractivity contribution in [3.63, 3.8) is 0 Å². The summed E-state index contributed by atoms with van der Waals surface area (Å²) >= 11 is -1.29. The van der Waals surface area contributed by atoms with Crippen molar-refractivity contribution >= 4 is 23.3 Å². The fraction of sp³-hybridized carbons (Fsp3) is 0.182. The topological polar surface area (TPSA) is 26.3 Å². The van der Waals surface area contributed by atoms with Crippen molar-refractivity contribution in [1.29, 1.82) is 0 Å². The van der Waals surface area contributed by atoms with E-state index in [1.165, 1.54) is 66.8 Å². The number of hydrogen-bond donors (Lipinski definition) is 0. The molecule has 5 heteroatoms. The summed E-state index contributed by atoms with van der Waals surface area (Å²) in [5, 5.41) is 0. The predicted octanol–water partition coefficient (Wildman–Crippen LogP) is 5.93. The van der Waals surface area contributed by atoms with Gasteiger partial charge in [-0.1, -0.05) is 0 Å². The van der Waals surface area contributed by atoms with E-state index in [0.29, 0.717) is 7.25 Å². The molecular formula is C44H38Cl2O2Zr. The molecule has 0 radical (unpaired) electrons. The second-order valence-corrected chi connectivity index (χ2v) is 16.5. The Kier molecular flexibility index (Phi) is 10.6. The van der Waals surface area contributed by atoms with E-state index in [1.807, 2.05) is 0 Å². The van der Waals surface area contributed by atoms with Crippen LogP contribution in [0, 0.1) is 13.8 Å². The van der Waals surface area contributed by atoms with E-state index in [9.17, 15) is 0 Å². The van der Waals surface area contributed by atoms with Gasteiger partial charge in [-0.25, -0.2) is 0 Å². The zero-order valence-corrected chi connectivity index (χ0v) is 32.2. The molecule has 2 aromatic heterocycles. The summed E-state index contributed by atoms with van der Waals surface area (Å²) in [6.07, 6.45) is 6.67. The van der Waals surface area contributed by atoms with Gasteiger partial charge < -0.3 is 24.8 Å². The van der Waals surface area contributed by atoms with Crippen LogP contribution in [0.3, 0.4) is 0 Å². The van der Waals surface area contributed by atoms with Crippen molar-refractivity contribution in [2.75, 3.05) is 0 Å². The average Bonchev–Trinajstić information content (AvgIpc) is 3.91. The molecule has 0 fully saturated rings. The molecule has 2 unspecified atom stereocenters. The molecule has 0 amide bonds. The molecule has 0 saturated carbocycles. The van der Waals surface area contributed by atoms with Crippen LogP contribution in [0.15, 0.2) is 118 Å². The van der Waals surface area contributed by atoms with Crippen molar-refractivity contribution in [2.45, 2.75) is 47.8 Å². The van der Waals surface area contributed by atoms with Crippen LogP contribution >= 0.6 is 0 Å². The van der Waals surface area contributed by atoms with Crippen molar-refractivity contribution in [3.05, 3.63) is 166 Å². The van der Waals surface area contributed by atoms with Crippen LogP contribution in [0.2, 0.25) is 0 Å². The minimum Gasteiger partial charge on any atom is -1.00 e. The van der Waals surface area contributed by atoms with E-state index in [-0.39, 0.29) is 24.8 Å². The molecule has 6 aromatic rings. The number of fused-ring (bicyclic) bond motifs is 2. The quantitative estimate of drug-likeness (QED) is 0.193. The third kappa shape index (κ3) is 6.54. The summed E-state index contributed by atoms with van der Waals surface area (Å²) in [4.78, 5) is 0. The first-order chi connectivity index (χ1) is 23.0. The standard InChI is InChI=1S/2C22H19O.2ClH.Zr/c2*1-3-19-11-12-22(23-19)18-13-17-5-4-6-20(21(17)14-18)16-9-7-15(2)8-10-16;;;/h2*4-14H,3H2,1-2H3;2*1H;/q;;;;+2/p-2. The number of benzene rings is 4. The number of halogens is 2. The van der Waals surface area contributed by atoms with Gasteiger partial charge in [0.25, 0.3) is 0 Å². The van der Waals surface area contributed by atoms with E-state index < -0.39 is 23.2 Å². The Morgan fingerprint density at radius 3 is 1.29 bits per heavy atom. The van der Waals surface area contributed by atoms with Gasteiger partial charge in [-0.05, 0) is 0 Å². The molecule has 2 nitrogen and oxygen atoms in total. The number of furan rings is 2. The molecule has 0 bridgehead atoms. The summed E-state index contributed by atoms with van der Waals surface area (Å²) in [5.74, 6) is 4.11. The van der Waals surface area contributed by atoms with Gasteiger partial charge in [0.1, 0.15) is 0 Å². The normalized spacial score (nSPS) is 15.8. The van der Waals surface area contributed by atoms with Gasteiger partial charge in [0.15, 0.2) is 0 Å².